The zero-order valence-electron chi connectivity index (χ0n) is 12.1. The molecule has 0 saturated heterocycles. The zero-order valence-corrected chi connectivity index (χ0v) is 12.1. The van der Waals surface area contributed by atoms with Gasteiger partial charge in [-0.05, 0) is 40.3 Å². The van der Waals surface area contributed by atoms with Crippen LogP contribution in [0.25, 0.3) is 11.1 Å². The van der Waals surface area contributed by atoms with Crippen molar-refractivity contribution in [1.82, 2.24) is 0 Å². The van der Waals surface area contributed by atoms with Crippen molar-refractivity contribution in [3.63, 3.8) is 0 Å². The number of rotatable bonds is 1. The van der Waals surface area contributed by atoms with E-state index < -0.39 is 0 Å². The van der Waals surface area contributed by atoms with E-state index in [9.17, 15) is 0 Å². The lowest BCUT2D eigenvalue weighted by molar-refractivity contribution is 0.317. The molecule has 3 rings (SSSR count). The molecule has 0 bridgehead atoms. The number of benzene rings is 2. The molecule has 1 aliphatic carbocycles. The molecule has 3 nitrogen and oxygen atoms in total. The minimum absolute atomic E-state index is 0.0283. The molecule has 0 atom stereocenters. The summed E-state index contributed by atoms with van der Waals surface area (Å²) >= 11 is 0. The van der Waals surface area contributed by atoms with Crippen molar-refractivity contribution in [2.24, 2.45) is 5.16 Å². The molecule has 0 unspecified atom stereocenters. The van der Waals surface area contributed by atoms with Crippen LogP contribution >= 0.6 is 0 Å². The van der Waals surface area contributed by atoms with Gasteiger partial charge in [0.25, 0.3) is 0 Å². The van der Waals surface area contributed by atoms with Gasteiger partial charge in [0, 0.05) is 12.0 Å². The van der Waals surface area contributed by atoms with Crippen molar-refractivity contribution in [1.29, 1.82) is 5.26 Å². The fourth-order valence-electron chi connectivity index (χ4n) is 2.97. The maximum Gasteiger partial charge on any atom is 0.0991 e. The Kier molecular flexibility index (Phi) is 3.03. The van der Waals surface area contributed by atoms with Gasteiger partial charge in [-0.15, -0.1) is 0 Å². The van der Waals surface area contributed by atoms with Gasteiger partial charge in [-0.2, -0.15) is 5.26 Å². The van der Waals surface area contributed by atoms with Crippen LogP contribution in [-0.4, -0.2) is 10.9 Å². The molecule has 1 aliphatic rings. The molecular weight excluding hydrogens is 260 g/mol. The van der Waals surface area contributed by atoms with Gasteiger partial charge in [-0.25, -0.2) is 0 Å². The highest BCUT2D eigenvalue weighted by atomic mass is 16.4. The predicted octanol–water partition coefficient (Wildman–Crippen LogP) is 4.08. The number of hydrogen-bond acceptors (Lipinski definition) is 3. The third kappa shape index (κ3) is 2.19. The van der Waals surface area contributed by atoms with Crippen LogP contribution in [0.4, 0.5) is 0 Å². The van der Waals surface area contributed by atoms with Crippen molar-refractivity contribution in [3.8, 4) is 17.2 Å². The highest BCUT2D eigenvalue weighted by molar-refractivity contribution is 6.06. The predicted molar refractivity (Wildman–Crippen MR) is 82.6 cm³/mol. The summed E-state index contributed by atoms with van der Waals surface area (Å²) in [5, 5.41) is 21.4. The molecule has 3 heteroatoms. The summed E-state index contributed by atoms with van der Waals surface area (Å²) in [5.41, 5.74) is 5.82. The van der Waals surface area contributed by atoms with Gasteiger partial charge < -0.3 is 5.21 Å². The SMILES string of the molecule is CC1(C)C/C(=N\O)c2ccc(-c3ccc(C#N)cc3)cc21. The molecule has 0 radical (unpaired) electrons. The Labute approximate surface area is 124 Å². The first-order valence-electron chi connectivity index (χ1n) is 6.91. The average molecular weight is 276 g/mol. The first-order chi connectivity index (χ1) is 10.0. The average Bonchev–Trinajstić information content (AvgIpc) is 2.78. The molecule has 104 valence electrons. The number of oxime groups is 1. The summed E-state index contributed by atoms with van der Waals surface area (Å²) in [6, 6.07) is 15.9. The van der Waals surface area contributed by atoms with E-state index in [2.05, 4.69) is 31.1 Å². The first kappa shape index (κ1) is 13.4. The number of nitriles is 1. The summed E-state index contributed by atoms with van der Waals surface area (Å²) in [6.07, 6.45) is 0.746. The third-order valence-corrected chi connectivity index (χ3v) is 4.14. The summed E-state index contributed by atoms with van der Waals surface area (Å²) in [5.74, 6) is 0. The lowest BCUT2D eigenvalue weighted by Crippen LogP contribution is -2.12. The van der Waals surface area contributed by atoms with Crippen LogP contribution in [0.1, 0.15) is 37.0 Å². The van der Waals surface area contributed by atoms with E-state index in [4.69, 9.17) is 10.5 Å². The van der Waals surface area contributed by atoms with Crippen LogP contribution in [0.2, 0.25) is 0 Å². The van der Waals surface area contributed by atoms with Gasteiger partial charge in [0.1, 0.15) is 0 Å². The van der Waals surface area contributed by atoms with Crippen LogP contribution in [0.15, 0.2) is 47.6 Å². The largest absolute Gasteiger partial charge is 0.411 e. The maximum atomic E-state index is 9.15. The van der Waals surface area contributed by atoms with Crippen LogP contribution in [-0.2, 0) is 5.41 Å². The van der Waals surface area contributed by atoms with Gasteiger partial charge in [0.15, 0.2) is 0 Å². The van der Waals surface area contributed by atoms with E-state index >= 15 is 0 Å². The Hall–Kier alpha value is -2.60. The zero-order chi connectivity index (χ0) is 15.0. The Bertz CT molecular complexity index is 765. The van der Waals surface area contributed by atoms with E-state index in [1.807, 2.05) is 36.4 Å². The van der Waals surface area contributed by atoms with Crippen molar-refractivity contribution in [3.05, 3.63) is 59.2 Å². The van der Waals surface area contributed by atoms with Gasteiger partial charge in [0.2, 0.25) is 0 Å². The van der Waals surface area contributed by atoms with Crippen LogP contribution in [0, 0.1) is 11.3 Å². The van der Waals surface area contributed by atoms with Crippen molar-refractivity contribution in [2.75, 3.05) is 0 Å². The number of fused-ring (bicyclic) bond motifs is 1. The van der Waals surface area contributed by atoms with Gasteiger partial charge in [-0.3, -0.25) is 0 Å². The smallest absolute Gasteiger partial charge is 0.0991 e. The van der Waals surface area contributed by atoms with Gasteiger partial charge >= 0.3 is 0 Å². The molecule has 21 heavy (non-hydrogen) atoms. The third-order valence-electron chi connectivity index (χ3n) is 4.14. The highest BCUT2D eigenvalue weighted by Crippen LogP contribution is 2.40. The van der Waals surface area contributed by atoms with E-state index in [1.54, 1.807) is 0 Å². The molecule has 0 fully saturated rings. The molecule has 2 aromatic carbocycles. The first-order valence-corrected chi connectivity index (χ1v) is 6.91. The van der Waals surface area contributed by atoms with Crippen LogP contribution < -0.4 is 0 Å². The van der Waals surface area contributed by atoms with Crippen molar-refractivity contribution < 1.29 is 5.21 Å². The molecule has 0 spiro atoms. The molecule has 0 aliphatic heterocycles. The quantitative estimate of drug-likeness (QED) is 0.630. The Morgan fingerprint density at radius 2 is 1.76 bits per heavy atom. The van der Waals surface area contributed by atoms with Gasteiger partial charge in [0.05, 0.1) is 17.3 Å². The maximum absolute atomic E-state index is 9.15. The van der Waals surface area contributed by atoms with Gasteiger partial charge in [-0.1, -0.05) is 43.3 Å². The molecule has 0 amide bonds. The Morgan fingerprint density at radius 1 is 1.10 bits per heavy atom. The van der Waals surface area contributed by atoms with E-state index in [0.717, 1.165) is 28.8 Å². The topological polar surface area (TPSA) is 56.4 Å². The molecular formula is C18H16N2O. The lowest BCUT2D eigenvalue weighted by atomic mass is 9.85. The molecule has 2 aromatic rings. The van der Waals surface area contributed by atoms with Crippen molar-refractivity contribution in [2.45, 2.75) is 25.7 Å². The Morgan fingerprint density at radius 3 is 2.38 bits per heavy atom. The normalized spacial score (nSPS) is 17.5. The summed E-state index contributed by atoms with van der Waals surface area (Å²) in [7, 11) is 0. The summed E-state index contributed by atoms with van der Waals surface area (Å²) in [4.78, 5) is 0. The second kappa shape index (κ2) is 4.75. The van der Waals surface area contributed by atoms with E-state index in [-0.39, 0.29) is 5.41 Å². The number of hydrogen-bond donors (Lipinski definition) is 1. The lowest BCUT2D eigenvalue weighted by Gasteiger charge is -2.18. The number of nitrogens with zero attached hydrogens (tertiary/aromatic N) is 2. The van der Waals surface area contributed by atoms with E-state index in [1.165, 1.54) is 5.56 Å². The fraction of sp³-hybridized carbons (Fsp3) is 0.222. The standard InChI is InChI=1S/C18H16N2O/c1-18(2)10-17(20-21)15-8-7-14(9-16(15)18)13-5-3-12(11-19)4-6-13/h3-9,21H,10H2,1-2H3/b20-17+. The molecule has 0 aromatic heterocycles. The van der Waals surface area contributed by atoms with Crippen LogP contribution in [0.3, 0.4) is 0 Å². The molecule has 1 N–H and O–H groups in total. The van der Waals surface area contributed by atoms with Crippen LogP contribution in [0.5, 0.6) is 0 Å². The summed E-state index contributed by atoms with van der Waals surface area (Å²) < 4.78 is 0. The summed E-state index contributed by atoms with van der Waals surface area (Å²) in [6.45, 7) is 4.32. The minimum Gasteiger partial charge on any atom is -0.411 e. The van der Waals surface area contributed by atoms with Crippen molar-refractivity contribution >= 4 is 5.71 Å². The van der Waals surface area contributed by atoms with E-state index in [0.29, 0.717) is 5.56 Å². The fourth-order valence-corrected chi connectivity index (χ4v) is 2.97. The Balaban J connectivity index is 2.09. The molecule has 0 saturated carbocycles. The molecule has 0 heterocycles. The highest BCUT2D eigenvalue weighted by Gasteiger charge is 2.34. The minimum atomic E-state index is -0.0283. The monoisotopic (exact) mass is 276 g/mol. The second-order valence-corrected chi connectivity index (χ2v) is 6.06. The second-order valence-electron chi connectivity index (χ2n) is 6.06.